The Labute approximate surface area is 162 Å². The van der Waals surface area contributed by atoms with Crippen LogP contribution in [0.4, 0.5) is 25.0 Å². The summed E-state index contributed by atoms with van der Waals surface area (Å²) in [6, 6.07) is 7.89. The number of anilines is 2. The molecule has 2 amide bonds. The van der Waals surface area contributed by atoms with E-state index in [1.807, 2.05) is 0 Å². The monoisotopic (exact) mass is 409 g/mol. The Morgan fingerprint density at radius 1 is 0.929 bits per heavy atom. The van der Waals surface area contributed by atoms with Gasteiger partial charge in [0.2, 0.25) is 0 Å². The molecular formula is C19H21F2N3O3S. The second-order valence-corrected chi connectivity index (χ2v) is 8.27. The molecule has 1 fully saturated rings. The summed E-state index contributed by atoms with van der Waals surface area (Å²) in [6.07, 6.45) is 4.16. The number of nitrogens with one attached hydrogen (secondary N) is 2. The van der Waals surface area contributed by atoms with Gasteiger partial charge in [-0.2, -0.15) is 0 Å². The fourth-order valence-electron chi connectivity index (χ4n) is 2.97. The van der Waals surface area contributed by atoms with Crippen LogP contribution in [0.25, 0.3) is 0 Å². The van der Waals surface area contributed by atoms with E-state index in [-0.39, 0.29) is 16.6 Å². The Hall–Kier alpha value is -2.68. The first kappa shape index (κ1) is 20.1. The molecule has 9 heteroatoms. The van der Waals surface area contributed by atoms with Gasteiger partial charge in [-0.05, 0) is 49.2 Å². The van der Waals surface area contributed by atoms with Crippen LogP contribution < -0.4 is 10.0 Å². The molecule has 0 saturated carbocycles. The molecule has 28 heavy (non-hydrogen) atoms. The van der Waals surface area contributed by atoms with Crippen molar-refractivity contribution in [2.75, 3.05) is 23.1 Å². The van der Waals surface area contributed by atoms with E-state index >= 15 is 0 Å². The Kier molecular flexibility index (Phi) is 6.13. The molecule has 2 aromatic rings. The van der Waals surface area contributed by atoms with Crippen LogP contribution in [-0.4, -0.2) is 32.4 Å². The van der Waals surface area contributed by atoms with E-state index in [0.29, 0.717) is 24.8 Å². The predicted molar refractivity (Wildman–Crippen MR) is 103 cm³/mol. The smallest absolute Gasteiger partial charge is 0.321 e. The van der Waals surface area contributed by atoms with Crippen molar-refractivity contribution in [2.45, 2.75) is 30.6 Å². The van der Waals surface area contributed by atoms with Gasteiger partial charge in [0, 0.05) is 24.8 Å². The molecule has 3 rings (SSSR count). The van der Waals surface area contributed by atoms with E-state index < -0.39 is 21.7 Å². The molecule has 0 spiro atoms. The summed E-state index contributed by atoms with van der Waals surface area (Å²) < 4.78 is 53.5. The average molecular weight is 409 g/mol. The third kappa shape index (κ3) is 4.98. The van der Waals surface area contributed by atoms with Crippen LogP contribution in [-0.2, 0) is 10.0 Å². The first-order chi connectivity index (χ1) is 13.3. The number of halogens is 2. The SMILES string of the molecule is O=C(Nc1ccc(S(=O)(=O)Nc2ccc(F)cc2F)cc1)N1CCCCCC1. The highest BCUT2D eigenvalue weighted by atomic mass is 32.2. The van der Waals surface area contributed by atoms with Gasteiger partial charge in [-0.3, -0.25) is 4.72 Å². The van der Waals surface area contributed by atoms with E-state index in [4.69, 9.17) is 0 Å². The van der Waals surface area contributed by atoms with Gasteiger partial charge in [-0.15, -0.1) is 0 Å². The number of rotatable bonds is 4. The summed E-state index contributed by atoms with van der Waals surface area (Å²) >= 11 is 0. The zero-order valence-corrected chi connectivity index (χ0v) is 15.9. The average Bonchev–Trinajstić information content (AvgIpc) is 2.94. The maximum atomic E-state index is 13.7. The molecule has 0 unspecified atom stereocenters. The maximum Gasteiger partial charge on any atom is 0.321 e. The topological polar surface area (TPSA) is 78.5 Å². The maximum absolute atomic E-state index is 13.7. The summed E-state index contributed by atoms with van der Waals surface area (Å²) in [4.78, 5) is 14.0. The second kappa shape index (κ2) is 8.55. The molecule has 0 radical (unpaired) electrons. The number of urea groups is 1. The number of likely N-dealkylation sites (tertiary alicyclic amines) is 1. The Balaban J connectivity index is 1.68. The molecule has 2 N–H and O–H groups in total. The van der Waals surface area contributed by atoms with E-state index in [1.165, 1.54) is 24.3 Å². The van der Waals surface area contributed by atoms with Gasteiger partial charge in [0.1, 0.15) is 11.6 Å². The molecule has 6 nitrogen and oxygen atoms in total. The van der Waals surface area contributed by atoms with Gasteiger partial charge in [-0.1, -0.05) is 12.8 Å². The second-order valence-electron chi connectivity index (χ2n) is 6.59. The molecule has 2 aromatic carbocycles. The first-order valence-corrected chi connectivity index (χ1v) is 10.5. The lowest BCUT2D eigenvalue weighted by molar-refractivity contribution is 0.214. The van der Waals surface area contributed by atoms with Crippen LogP contribution in [0, 0.1) is 11.6 Å². The lowest BCUT2D eigenvalue weighted by Gasteiger charge is -2.20. The fraction of sp³-hybridized carbons (Fsp3) is 0.316. The summed E-state index contributed by atoms with van der Waals surface area (Å²) in [5.74, 6) is -1.81. The molecule has 0 bridgehead atoms. The molecule has 1 aliphatic heterocycles. The standard InChI is InChI=1S/C19H21F2N3O3S/c20-14-5-10-18(17(21)13-14)23-28(26,27)16-8-6-15(7-9-16)22-19(25)24-11-3-1-2-4-12-24/h5-10,13,23H,1-4,11-12H2,(H,22,25). The number of amides is 2. The van der Waals surface area contributed by atoms with Gasteiger partial charge >= 0.3 is 6.03 Å². The van der Waals surface area contributed by atoms with Crippen molar-refractivity contribution in [1.82, 2.24) is 4.90 Å². The van der Waals surface area contributed by atoms with Crippen molar-refractivity contribution in [3.8, 4) is 0 Å². The predicted octanol–water partition coefficient (Wildman–Crippen LogP) is 4.17. The van der Waals surface area contributed by atoms with Crippen molar-refractivity contribution in [2.24, 2.45) is 0 Å². The number of carbonyl (C=O) groups excluding carboxylic acids is 1. The third-order valence-electron chi connectivity index (χ3n) is 4.48. The van der Waals surface area contributed by atoms with E-state index in [2.05, 4.69) is 10.0 Å². The largest absolute Gasteiger partial charge is 0.325 e. The highest BCUT2D eigenvalue weighted by Gasteiger charge is 2.18. The zero-order chi connectivity index (χ0) is 20.1. The third-order valence-corrected chi connectivity index (χ3v) is 5.87. The number of carbonyl (C=O) groups is 1. The molecule has 1 heterocycles. The molecule has 1 aliphatic rings. The number of hydrogen-bond donors (Lipinski definition) is 2. The van der Waals surface area contributed by atoms with Crippen molar-refractivity contribution in [3.05, 3.63) is 54.1 Å². The van der Waals surface area contributed by atoms with E-state index in [0.717, 1.165) is 37.8 Å². The molecule has 0 aromatic heterocycles. The first-order valence-electron chi connectivity index (χ1n) is 8.99. The van der Waals surface area contributed by atoms with E-state index in [1.54, 1.807) is 4.90 Å². The summed E-state index contributed by atoms with van der Waals surface area (Å²) in [5, 5.41) is 2.75. The number of hydrogen-bond acceptors (Lipinski definition) is 3. The number of nitrogens with zero attached hydrogens (tertiary/aromatic N) is 1. The summed E-state index contributed by atoms with van der Waals surface area (Å²) in [6.45, 7) is 1.40. The fourth-order valence-corrected chi connectivity index (χ4v) is 4.04. The van der Waals surface area contributed by atoms with Crippen LogP contribution in [0.2, 0.25) is 0 Å². The van der Waals surface area contributed by atoms with Crippen molar-refractivity contribution in [1.29, 1.82) is 0 Å². The van der Waals surface area contributed by atoms with Gasteiger partial charge in [-0.25, -0.2) is 22.0 Å². The summed E-state index contributed by atoms with van der Waals surface area (Å²) in [7, 11) is -4.05. The Morgan fingerprint density at radius 2 is 1.57 bits per heavy atom. The normalized spacial score (nSPS) is 15.0. The van der Waals surface area contributed by atoms with E-state index in [9.17, 15) is 22.0 Å². The zero-order valence-electron chi connectivity index (χ0n) is 15.1. The van der Waals surface area contributed by atoms with Gasteiger partial charge < -0.3 is 10.2 Å². The van der Waals surface area contributed by atoms with Gasteiger partial charge in [0.25, 0.3) is 10.0 Å². The highest BCUT2D eigenvalue weighted by Crippen LogP contribution is 2.21. The summed E-state index contributed by atoms with van der Waals surface area (Å²) in [5.41, 5.74) is 0.112. The Bertz CT molecular complexity index is 941. The van der Waals surface area contributed by atoms with Crippen LogP contribution in [0.15, 0.2) is 47.4 Å². The molecule has 0 aliphatic carbocycles. The Morgan fingerprint density at radius 3 is 2.18 bits per heavy atom. The van der Waals surface area contributed by atoms with Crippen LogP contribution in [0.3, 0.4) is 0 Å². The minimum absolute atomic E-state index is 0.107. The molecule has 1 saturated heterocycles. The van der Waals surface area contributed by atoms with Crippen LogP contribution in [0.1, 0.15) is 25.7 Å². The number of sulfonamides is 1. The lowest BCUT2D eigenvalue weighted by atomic mass is 10.2. The van der Waals surface area contributed by atoms with Gasteiger partial charge in [0.15, 0.2) is 0 Å². The minimum atomic E-state index is -4.05. The van der Waals surface area contributed by atoms with Crippen LogP contribution >= 0.6 is 0 Å². The number of benzene rings is 2. The van der Waals surface area contributed by atoms with Crippen LogP contribution in [0.5, 0.6) is 0 Å². The van der Waals surface area contributed by atoms with Crippen molar-refractivity contribution >= 4 is 27.4 Å². The quantitative estimate of drug-likeness (QED) is 0.795. The van der Waals surface area contributed by atoms with Crippen molar-refractivity contribution < 1.29 is 22.0 Å². The molecule has 150 valence electrons. The van der Waals surface area contributed by atoms with Gasteiger partial charge in [0.05, 0.1) is 10.6 Å². The molecular weight excluding hydrogens is 388 g/mol. The molecule has 0 atom stereocenters. The lowest BCUT2D eigenvalue weighted by Crippen LogP contribution is -2.35. The van der Waals surface area contributed by atoms with Crippen molar-refractivity contribution in [3.63, 3.8) is 0 Å². The highest BCUT2D eigenvalue weighted by molar-refractivity contribution is 7.92. The minimum Gasteiger partial charge on any atom is -0.325 e.